The van der Waals surface area contributed by atoms with Crippen LogP contribution in [0.3, 0.4) is 0 Å². The summed E-state index contributed by atoms with van der Waals surface area (Å²) in [6, 6.07) is 20.7. The molecule has 9 nitrogen and oxygen atoms in total. The lowest BCUT2D eigenvalue weighted by Gasteiger charge is -2.32. The van der Waals surface area contributed by atoms with Gasteiger partial charge in [0.25, 0.3) is 0 Å². The molecule has 0 unspecified atom stereocenters. The van der Waals surface area contributed by atoms with Crippen LogP contribution in [-0.2, 0) is 20.9 Å². The van der Waals surface area contributed by atoms with Crippen LogP contribution in [0.1, 0.15) is 47.3 Å². The molecule has 39 heavy (non-hydrogen) atoms. The summed E-state index contributed by atoms with van der Waals surface area (Å²) in [5.74, 6) is -0.751. The number of nitrogens with zero attached hydrogens (tertiary/aromatic N) is 4. The highest BCUT2D eigenvalue weighted by Gasteiger charge is 2.34. The topological polar surface area (TPSA) is 106 Å². The summed E-state index contributed by atoms with van der Waals surface area (Å²) in [5, 5.41) is 11.4. The molecule has 2 amide bonds. The minimum Gasteiger partial charge on any atom is -0.376 e. The van der Waals surface area contributed by atoms with Crippen LogP contribution in [-0.4, -0.2) is 51.8 Å². The van der Waals surface area contributed by atoms with E-state index in [9.17, 15) is 14.4 Å². The molecule has 4 aromatic rings. The van der Waals surface area contributed by atoms with Gasteiger partial charge in [-0.2, -0.15) is 0 Å². The van der Waals surface area contributed by atoms with Crippen LogP contribution in [0.15, 0.2) is 72.8 Å². The van der Waals surface area contributed by atoms with Gasteiger partial charge in [0.1, 0.15) is 18.1 Å². The van der Waals surface area contributed by atoms with Gasteiger partial charge in [0.15, 0.2) is 5.78 Å². The molecule has 0 saturated carbocycles. The highest BCUT2D eigenvalue weighted by atomic mass is 16.5. The summed E-state index contributed by atoms with van der Waals surface area (Å²) in [6.45, 7) is 4.37. The number of hydrogen-bond acceptors (Lipinski definition) is 6. The van der Waals surface area contributed by atoms with E-state index in [1.54, 1.807) is 24.3 Å². The number of nitrogens with one attached hydrogen (secondary N) is 1. The lowest BCUT2D eigenvalue weighted by atomic mass is 10.0. The van der Waals surface area contributed by atoms with Crippen LogP contribution in [0.5, 0.6) is 0 Å². The first kappa shape index (κ1) is 26.2. The number of benzene rings is 3. The molecule has 1 N–H and O–H groups in total. The molecule has 2 heterocycles. The molecule has 5 rings (SSSR count). The predicted molar refractivity (Wildman–Crippen MR) is 147 cm³/mol. The van der Waals surface area contributed by atoms with Gasteiger partial charge < -0.3 is 10.1 Å². The first-order chi connectivity index (χ1) is 18.9. The minimum atomic E-state index is -0.961. The van der Waals surface area contributed by atoms with Gasteiger partial charge in [-0.25, -0.2) is 4.68 Å². The standard InChI is InChI=1S/C30H31N5O4/c1-20-9-11-23(12-10-20)29(30(38)31-18-25-6-5-17-39-25)35(24-15-13-22(14-16-24)21(2)36)28(37)19-34-27-8-4-3-7-26(27)32-33-34/h3-4,7-16,25,29H,5-6,17-19H2,1-2H3,(H,31,38)/t25-,29+/m1/s1. The van der Waals surface area contributed by atoms with Crippen molar-refractivity contribution in [2.24, 2.45) is 0 Å². The number of hydrogen-bond donors (Lipinski definition) is 1. The zero-order valence-electron chi connectivity index (χ0n) is 22.0. The van der Waals surface area contributed by atoms with Crippen LogP contribution in [0, 0.1) is 6.92 Å². The Morgan fingerprint density at radius 2 is 1.79 bits per heavy atom. The summed E-state index contributed by atoms with van der Waals surface area (Å²) in [4.78, 5) is 41.3. The number of ether oxygens (including phenoxy) is 1. The number of para-hydroxylation sites is 1. The molecule has 9 heteroatoms. The van der Waals surface area contributed by atoms with Gasteiger partial charge in [0.05, 0.1) is 11.6 Å². The fourth-order valence-corrected chi connectivity index (χ4v) is 4.82. The number of aromatic nitrogens is 3. The number of aryl methyl sites for hydroxylation is 1. The third kappa shape index (κ3) is 5.88. The molecule has 1 aliphatic heterocycles. The van der Waals surface area contributed by atoms with Gasteiger partial charge in [-0.15, -0.1) is 5.10 Å². The summed E-state index contributed by atoms with van der Waals surface area (Å²) < 4.78 is 7.23. The third-order valence-electron chi connectivity index (χ3n) is 6.95. The zero-order valence-corrected chi connectivity index (χ0v) is 22.0. The maximum absolute atomic E-state index is 14.1. The van der Waals surface area contributed by atoms with Crippen LogP contribution >= 0.6 is 0 Å². The van der Waals surface area contributed by atoms with Gasteiger partial charge >= 0.3 is 0 Å². The molecule has 2 atom stereocenters. The van der Waals surface area contributed by atoms with Crippen molar-refractivity contribution < 1.29 is 19.1 Å². The zero-order chi connectivity index (χ0) is 27.4. The molecule has 0 bridgehead atoms. The van der Waals surface area contributed by atoms with E-state index >= 15 is 0 Å². The molecular formula is C30H31N5O4. The Bertz CT molecular complexity index is 1470. The fourth-order valence-electron chi connectivity index (χ4n) is 4.82. The van der Waals surface area contributed by atoms with Crippen molar-refractivity contribution >= 4 is 34.3 Å². The lowest BCUT2D eigenvalue weighted by Crippen LogP contribution is -2.46. The molecule has 200 valence electrons. The van der Waals surface area contributed by atoms with Gasteiger partial charge in [-0.1, -0.05) is 47.2 Å². The number of carbonyl (C=O) groups excluding carboxylic acids is 3. The Morgan fingerprint density at radius 1 is 1.05 bits per heavy atom. The molecule has 0 spiro atoms. The Kier molecular flexibility index (Phi) is 7.79. The highest BCUT2D eigenvalue weighted by Crippen LogP contribution is 2.30. The Morgan fingerprint density at radius 3 is 2.49 bits per heavy atom. The van der Waals surface area contributed by atoms with Gasteiger partial charge in [-0.3, -0.25) is 19.3 Å². The summed E-state index contributed by atoms with van der Waals surface area (Å²) >= 11 is 0. The first-order valence-electron chi connectivity index (χ1n) is 13.1. The van der Waals surface area contributed by atoms with E-state index in [-0.39, 0.29) is 30.2 Å². The molecule has 1 fully saturated rings. The summed E-state index contributed by atoms with van der Waals surface area (Å²) in [7, 11) is 0. The normalized spacial score (nSPS) is 15.7. The SMILES string of the molecule is CC(=O)c1ccc(N(C(=O)Cn2nnc3ccccc32)[C@H](C(=O)NC[C@H]2CCCO2)c2ccc(C)cc2)cc1. The number of carbonyl (C=O) groups is 3. The fraction of sp³-hybridized carbons (Fsp3) is 0.300. The molecule has 0 aliphatic carbocycles. The molecule has 1 saturated heterocycles. The van der Waals surface area contributed by atoms with Crippen LogP contribution in [0.2, 0.25) is 0 Å². The third-order valence-corrected chi connectivity index (χ3v) is 6.95. The van der Waals surface area contributed by atoms with E-state index in [2.05, 4.69) is 15.6 Å². The van der Waals surface area contributed by atoms with E-state index < -0.39 is 6.04 Å². The summed E-state index contributed by atoms with van der Waals surface area (Å²) in [5.41, 5.74) is 4.10. The van der Waals surface area contributed by atoms with Crippen molar-refractivity contribution in [2.75, 3.05) is 18.1 Å². The number of Topliss-reactive ketones (excluding diaryl/α,β-unsaturated/α-hetero) is 1. The van der Waals surface area contributed by atoms with Crippen LogP contribution in [0.4, 0.5) is 5.69 Å². The van der Waals surface area contributed by atoms with E-state index in [0.29, 0.717) is 41.0 Å². The Hall–Kier alpha value is -4.37. The molecular weight excluding hydrogens is 494 g/mol. The van der Waals surface area contributed by atoms with Crippen molar-refractivity contribution in [2.45, 2.75) is 45.4 Å². The largest absolute Gasteiger partial charge is 0.376 e. The first-order valence-corrected chi connectivity index (χ1v) is 13.1. The van der Waals surface area contributed by atoms with E-state index in [4.69, 9.17) is 4.74 Å². The maximum Gasteiger partial charge on any atom is 0.249 e. The molecule has 1 aromatic heterocycles. The van der Waals surface area contributed by atoms with E-state index in [0.717, 1.165) is 18.4 Å². The predicted octanol–water partition coefficient (Wildman–Crippen LogP) is 4.01. The van der Waals surface area contributed by atoms with Crippen molar-refractivity contribution in [3.63, 3.8) is 0 Å². The van der Waals surface area contributed by atoms with Gasteiger partial charge in [0.2, 0.25) is 11.8 Å². The van der Waals surface area contributed by atoms with E-state index in [1.807, 2.05) is 55.5 Å². The van der Waals surface area contributed by atoms with Crippen molar-refractivity contribution in [1.29, 1.82) is 0 Å². The Balaban J connectivity index is 1.54. The molecule has 0 radical (unpaired) electrons. The average Bonchev–Trinajstić information content (AvgIpc) is 3.61. The second-order valence-electron chi connectivity index (χ2n) is 9.80. The van der Waals surface area contributed by atoms with Crippen molar-refractivity contribution in [3.05, 3.63) is 89.5 Å². The van der Waals surface area contributed by atoms with E-state index in [1.165, 1.54) is 16.5 Å². The number of anilines is 1. The monoisotopic (exact) mass is 525 g/mol. The second kappa shape index (κ2) is 11.6. The quantitative estimate of drug-likeness (QED) is 0.331. The van der Waals surface area contributed by atoms with Gasteiger partial charge in [0, 0.05) is 24.4 Å². The average molecular weight is 526 g/mol. The van der Waals surface area contributed by atoms with Crippen molar-refractivity contribution in [3.8, 4) is 0 Å². The minimum absolute atomic E-state index is 0.0480. The number of ketones is 1. The summed E-state index contributed by atoms with van der Waals surface area (Å²) in [6.07, 6.45) is 1.79. The number of amides is 2. The van der Waals surface area contributed by atoms with Gasteiger partial charge in [-0.05, 0) is 68.7 Å². The Labute approximate surface area is 226 Å². The van der Waals surface area contributed by atoms with Crippen LogP contribution in [0.25, 0.3) is 11.0 Å². The molecule has 3 aromatic carbocycles. The number of fused-ring (bicyclic) bond motifs is 1. The maximum atomic E-state index is 14.1. The number of rotatable bonds is 9. The van der Waals surface area contributed by atoms with Crippen molar-refractivity contribution in [1.82, 2.24) is 20.3 Å². The van der Waals surface area contributed by atoms with Crippen LogP contribution < -0.4 is 10.2 Å². The smallest absolute Gasteiger partial charge is 0.249 e. The second-order valence-corrected chi connectivity index (χ2v) is 9.80. The lowest BCUT2D eigenvalue weighted by molar-refractivity contribution is -0.127. The highest BCUT2D eigenvalue weighted by molar-refractivity contribution is 6.02. The molecule has 1 aliphatic rings.